The maximum Gasteiger partial charge on any atom is 0.270 e. The molecule has 3 nitrogen and oxygen atoms in total. The second-order valence-corrected chi connectivity index (χ2v) is 5.15. The normalized spacial score (nSPS) is 15.8. The van der Waals surface area contributed by atoms with Crippen LogP contribution in [0.1, 0.15) is 36.7 Å². The molecule has 88 valence electrons. The Kier molecular flexibility index (Phi) is 3.69. The smallest absolute Gasteiger partial charge is 0.270 e. The van der Waals surface area contributed by atoms with Gasteiger partial charge in [0.05, 0.1) is 0 Å². The molecule has 0 aromatic carbocycles. The minimum atomic E-state index is 0.177. The standard InChI is InChI=1S/C12H17BrN2O/c1-2-5-15-9-10(13)8-11(15)12(16)14-6-3-4-7-14/h8-9H,2-7H2,1H3. The summed E-state index contributed by atoms with van der Waals surface area (Å²) in [6.45, 7) is 4.85. The van der Waals surface area contributed by atoms with Crippen LogP contribution < -0.4 is 0 Å². The third-order valence-electron chi connectivity index (χ3n) is 2.94. The second-order valence-electron chi connectivity index (χ2n) is 4.24. The summed E-state index contributed by atoms with van der Waals surface area (Å²) in [6, 6.07) is 1.93. The Hall–Kier alpha value is -0.770. The molecule has 0 radical (unpaired) electrons. The Morgan fingerprint density at radius 3 is 2.75 bits per heavy atom. The zero-order valence-corrected chi connectivity index (χ0v) is 11.2. The third kappa shape index (κ3) is 2.32. The van der Waals surface area contributed by atoms with Crippen molar-refractivity contribution in [3.05, 3.63) is 22.4 Å². The lowest BCUT2D eigenvalue weighted by Gasteiger charge is -2.16. The van der Waals surface area contributed by atoms with Crippen molar-refractivity contribution in [1.82, 2.24) is 9.47 Å². The van der Waals surface area contributed by atoms with Gasteiger partial charge in [0.15, 0.2) is 0 Å². The highest BCUT2D eigenvalue weighted by Gasteiger charge is 2.22. The minimum absolute atomic E-state index is 0.177. The number of likely N-dealkylation sites (tertiary alicyclic amines) is 1. The molecule has 1 aliphatic heterocycles. The quantitative estimate of drug-likeness (QED) is 0.838. The Morgan fingerprint density at radius 2 is 2.12 bits per heavy atom. The van der Waals surface area contributed by atoms with E-state index in [1.54, 1.807) is 0 Å². The molecule has 2 heterocycles. The molecule has 1 fully saturated rings. The van der Waals surface area contributed by atoms with Gasteiger partial charge in [-0.3, -0.25) is 4.79 Å². The van der Waals surface area contributed by atoms with E-state index in [2.05, 4.69) is 22.9 Å². The first-order valence-electron chi connectivity index (χ1n) is 5.87. The van der Waals surface area contributed by atoms with Gasteiger partial charge in [-0.1, -0.05) is 6.92 Å². The fourth-order valence-corrected chi connectivity index (χ4v) is 2.63. The molecule has 0 spiro atoms. The van der Waals surface area contributed by atoms with E-state index in [0.717, 1.165) is 49.1 Å². The third-order valence-corrected chi connectivity index (χ3v) is 3.37. The molecule has 0 N–H and O–H groups in total. The van der Waals surface area contributed by atoms with Crippen molar-refractivity contribution < 1.29 is 4.79 Å². The van der Waals surface area contributed by atoms with Crippen molar-refractivity contribution in [1.29, 1.82) is 0 Å². The summed E-state index contributed by atoms with van der Waals surface area (Å²) >= 11 is 3.44. The molecule has 2 rings (SSSR count). The van der Waals surface area contributed by atoms with E-state index in [4.69, 9.17) is 0 Å². The van der Waals surface area contributed by atoms with Crippen molar-refractivity contribution in [2.45, 2.75) is 32.7 Å². The van der Waals surface area contributed by atoms with Gasteiger partial charge >= 0.3 is 0 Å². The number of hydrogen-bond donors (Lipinski definition) is 0. The van der Waals surface area contributed by atoms with Gasteiger partial charge in [0, 0.05) is 30.3 Å². The first kappa shape index (κ1) is 11.7. The van der Waals surface area contributed by atoms with E-state index in [1.807, 2.05) is 21.7 Å². The topological polar surface area (TPSA) is 25.2 Å². The molecule has 1 amide bonds. The maximum atomic E-state index is 12.2. The Labute approximate surface area is 105 Å². The zero-order chi connectivity index (χ0) is 11.5. The summed E-state index contributed by atoms with van der Waals surface area (Å²) in [4.78, 5) is 14.2. The number of rotatable bonds is 3. The van der Waals surface area contributed by atoms with Crippen LogP contribution in [0.5, 0.6) is 0 Å². The van der Waals surface area contributed by atoms with E-state index < -0.39 is 0 Å². The molecular weight excluding hydrogens is 268 g/mol. The van der Waals surface area contributed by atoms with Crippen LogP contribution in [0.3, 0.4) is 0 Å². The molecular formula is C12H17BrN2O. The summed E-state index contributed by atoms with van der Waals surface area (Å²) < 4.78 is 3.04. The molecule has 1 aromatic rings. The SMILES string of the molecule is CCCn1cc(Br)cc1C(=O)N1CCCC1. The van der Waals surface area contributed by atoms with Crippen LogP contribution in [0.4, 0.5) is 0 Å². The van der Waals surface area contributed by atoms with Crippen LogP contribution >= 0.6 is 15.9 Å². The van der Waals surface area contributed by atoms with Gasteiger partial charge in [0.2, 0.25) is 0 Å². The molecule has 0 saturated carbocycles. The van der Waals surface area contributed by atoms with E-state index >= 15 is 0 Å². The first-order valence-corrected chi connectivity index (χ1v) is 6.66. The number of aromatic nitrogens is 1. The molecule has 1 aliphatic rings. The van der Waals surface area contributed by atoms with Gasteiger partial charge in [-0.15, -0.1) is 0 Å². The Bertz CT molecular complexity index is 380. The lowest BCUT2D eigenvalue weighted by molar-refractivity contribution is 0.0782. The largest absolute Gasteiger partial charge is 0.342 e. The lowest BCUT2D eigenvalue weighted by atomic mass is 10.3. The van der Waals surface area contributed by atoms with Crippen molar-refractivity contribution in [3.8, 4) is 0 Å². The second kappa shape index (κ2) is 5.04. The zero-order valence-electron chi connectivity index (χ0n) is 9.58. The minimum Gasteiger partial charge on any atom is -0.342 e. The number of halogens is 1. The summed E-state index contributed by atoms with van der Waals surface area (Å²) in [6.07, 6.45) is 5.32. The predicted octanol–water partition coefficient (Wildman–Crippen LogP) is 2.90. The molecule has 0 unspecified atom stereocenters. The highest BCUT2D eigenvalue weighted by molar-refractivity contribution is 9.10. The van der Waals surface area contributed by atoms with E-state index in [-0.39, 0.29) is 5.91 Å². The number of nitrogens with zero attached hydrogens (tertiary/aromatic N) is 2. The lowest BCUT2D eigenvalue weighted by Crippen LogP contribution is -2.29. The molecule has 16 heavy (non-hydrogen) atoms. The summed E-state index contributed by atoms with van der Waals surface area (Å²) in [5.74, 6) is 0.177. The van der Waals surface area contributed by atoms with Crippen LogP contribution in [0.2, 0.25) is 0 Å². The fraction of sp³-hybridized carbons (Fsp3) is 0.583. The Morgan fingerprint density at radius 1 is 1.44 bits per heavy atom. The van der Waals surface area contributed by atoms with Crippen molar-refractivity contribution in [3.63, 3.8) is 0 Å². The highest BCUT2D eigenvalue weighted by atomic mass is 79.9. The monoisotopic (exact) mass is 284 g/mol. The van der Waals surface area contributed by atoms with Crippen LogP contribution in [0.25, 0.3) is 0 Å². The van der Waals surface area contributed by atoms with Gasteiger partial charge in [0.1, 0.15) is 5.69 Å². The van der Waals surface area contributed by atoms with Crippen LogP contribution in [-0.4, -0.2) is 28.5 Å². The maximum absolute atomic E-state index is 12.2. The number of carbonyl (C=O) groups excluding carboxylic acids is 1. The summed E-state index contributed by atoms with van der Waals surface area (Å²) in [7, 11) is 0. The van der Waals surface area contributed by atoms with Gasteiger partial charge in [-0.2, -0.15) is 0 Å². The highest BCUT2D eigenvalue weighted by Crippen LogP contribution is 2.19. The molecule has 0 bridgehead atoms. The van der Waals surface area contributed by atoms with Crippen molar-refractivity contribution in [2.24, 2.45) is 0 Å². The molecule has 0 atom stereocenters. The summed E-state index contributed by atoms with van der Waals surface area (Å²) in [5.41, 5.74) is 0.815. The average Bonchev–Trinajstić information content (AvgIpc) is 2.87. The predicted molar refractivity (Wildman–Crippen MR) is 67.6 cm³/mol. The van der Waals surface area contributed by atoms with E-state index in [1.165, 1.54) is 0 Å². The number of carbonyl (C=O) groups is 1. The Balaban J connectivity index is 2.20. The molecule has 1 aromatic heterocycles. The summed E-state index contributed by atoms with van der Waals surface area (Å²) in [5, 5.41) is 0. The van der Waals surface area contributed by atoms with Gasteiger partial charge in [-0.25, -0.2) is 0 Å². The number of amides is 1. The average molecular weight is 285 g/mol. The molecule has 4 heteroatoms. The van der Waals surface area contributed by atoms with Crippen LogP contribution in [0, 0.1) is 0 Å². The van der Waals surface area contributed by atoms with Gasteiger partial charge in [-0.05, 0) is 41.3 Å². The molecule has 1 saturated heterocycles. The van der Waals surface area contributed by atoms with Gasteiger partial charge < -0.3 is 9.47 Å². The fourth-order valence-electron chi connectivity index (χ4n) is 2.16. The van der Waals surface area contributed by atoms with Crippen molar-refractivity contribution in [2.75, 3.05) is 13.1 Å². The van der Waals surface area contributed by atoms with Crippen LogP contribution in [0.15, 0.2) is 16.7 Å². The van der Waals surface area contributed by atoms with E-state index in [9.17, 15) is 4.79 Å². The number of aryl methyl sites for hydroxylation is 1. The van der Waals surface area contributed by atoms with Crippen LogP contribution in [-0.2, 0) is 6.54 Å². The van der Waals surface area contributed by atoms with Crippen molar-refractivity contribution >= 4 is 21.8 Å². The number of hydrogen-bond acceptors (Lipinski definition) is 1. The van der Waals surface area contributed by atoms with E-state index in [0.29, 0.717) is 0 Å². The van der Waals surface area contributed by atoms with Gasteiger partial charge in [0.25, 0.3) is 5.91 Å². The molecule has 0 aliphatic carbocycles. The first-order chi connectivity index (χ1) is 7.72.